The van der Waals surface area contributed by atoms with Crippen LogP contribution in [0, 0.1) is 0 Å². The fraction of sp³-hybridized carbons (Fsp3) is 0. The molecule has 0 atom stereocenters. The van der Waals surface area contributed by atoms with Crippen molar-refractivity contribution in [2.45, 2.75) is 0 Å². The summed E-state index contributed by atoms with van der Waals surface area (Å²) in [5, 5.41) is 11.7. The van der Waals surface area contributed by atoms with E-state index in [2.05, 4.69) is 278 Å². The first-order valence-corrected chi connectivity index (χ1v) is 26.4. The van der Waals surface area contributed by atoms with Crippen molar-refractivity contribution in [2.24, 2.45) is 0 Å². The third-order valence-electron chi connectivity index (χ3n) is 16.0. The fourth-order valence-corrected chi connectivity index (χ4v) is 12.6. The standard InChI is InChI=1S/C74H45NO2/c1-4-18-46(19-5-1)53-28-14-32-61-63-34-16-30-55(73(63)76-71(53)61)50-38-42-67-65(44-50)66-45-51(56-31-17-35-64-62-33-15-29-54(72(62)77-74(56)64)47-20-6-2-7-21-47)39-43-68(66)75(67)52-40-36-49(37-41-52)70-59-26-12-10-24-57(59)69(48-22-8-3-9-23-48)58-25-11-13-27-60(58)70/h1-45H. The smallest absolute Gasteiger partial charge is 0.143 e. The molecular weight excluding hydrogens is 935 g/mol. The zero-order valence-corrected chi connectivity index (χ0v) is 41.7. The van der Waals surface area contributed by atoms with E-state index in [0.29, 0.717) is 0 Å². The van der Waals surface area contributed by atoms with Gasteiger partial charge in [-0.05, 0) is 102 Å². The SMILES string of the molecule is c1ccc(-c2c3ccccc3c(-c3ccc(-n4c5ccc(-c6cccc7c6oc6c(-c8ccccc8)cccc67)cc5c5cc(-c6cccc7c6oc6c(-c8ccccc8)cccc67)ccc54)cc3)c3ccccc23)cc1. The van der Waals surface area contributed by atoms with E-state index in [9.17, 15) is 0 Å². The van der Waals surface area contributed by atoms with Crippen LogP contribution in [-0.2, 0) is 0 Å². The summed E-state index contributed by atoms with van der Waals surface area (Å²) in [6.45, 7) is 0. The third kappa shape index (κ3) is 6.70. The molecule has 0 amide bonds. The highest BCUT2D eigenvalue weighted by Crippen LogP contribution is 2.47. The topological polar surface area (TPSA) is 31.2 Å². The first kappa shape index (κ1) is 43.2. The van der Waals surface area contributed by atoms with Crippen molar-refractivity contribution in [3.63, 3.8) is 0 Å². The summed E-state index contributed by atoms with van der Waals surface area (Å²) in [5.74, 6) is 0. The van der Waals surface area contributed by atoms with Crippen molar-refractivity contribution in [3.05, 3.63) is 273 Å². The van der Waals surface area contributed by atoms with Gasteiger partial charge >= 0.3 is 0 Å². The van der Waals surface area contributed by atoms with Crippen LogP contribution >= 0.6 is 0 Å². The molecule has 0 aliphatic carbocycles. The van der Waals surface area contributed by atoms with Gasteiger partial charge in [-0.2, -0.15) is 0 Å². The van der Waals surface area contributed by atoms with E-state index in [4.69, 9.17) is 8.83 Å². The van der Waals surface area contributed by atoms with Crippen LogP contribution in [0.25, 0.3) is 160 Å². The molecule has 0 saturated heterocycles. The number of nitrogens with zero attached hydrogens (tertiary/aromatic N) is 1. The normalized spacial score (nSPS) is 11.9. The molecule has 16 aromatic rings. The summed E-state index contributed by atoms with van der Waals surface area (Å²) in [7, 11) is 0. The highest BCUT2D eigenvalue weighted by Gasteiger charge is 2.22. The molecule has 77 heavy (non-hydrogen) atoms. The molecule has 0 aliphatic heterocycles. The Bertz CT molecular complexity index is 4730. The fourth-order valence-electron chi connectivity index (χ4n) is 12.6. The van der Waals surface area contributed by atoms with Crippen LogP contribution in [0.5, 0.6) is 0 Å². The van der Waals surface area contributed by atoms with Crippen molar-refractivity contribution in [1.29, 1.82) is 0 Å². The molecule has 0 N–H and O–H groups in total. The van der Waals surface area contributed by atoms with Crippen LogP contribution in [0.15, 0.2) is 282 Å². The molecule has 0 spiro atoms. The second kappa shape index (κ2) is 17.2. The summed E-state index contributed by atoms with van der Waals surface area (Å²) < 4.78 is 16.4. The lowest BCUT2D eigenvalue weighted by atomic mass is 9.86. The van der Waals surface area contributed by atoms with Crippen LogP contribution in [0.2, 0.25) is 0 Å². The molecule has 0 aliphatic rings. The van der Waals surface area contributed by atoms with Crippen molar-refractivity contribution < 1.29 is 8.83 Å². The van der Waals surface area contributed by atoms with Gasteiger partial charge in [-0.3, -0.25) is 0 Å². The van der Waals surface area contributed by atoms with Crippen molar-refractivity contribution in [3.8, 4) is 72.4 Å². The average Bonchev–Trinajstić information content (AvgIpc) is 4.28. The molecule has 3 heteroatoms. The largest absolute Gasteiger partial charge is 0.455 e. The quantitative estimate of drug-likeness (QED) is 0.149. The maximum Gasteiger partial charge on any atom is 0.143 e. The van der Waals surface area contributed by atoms with Gasteiger partial charge in [0.05, 0.1) is 11.0 Å². The minimum Gasteiger partial charge on any atom is -0.455 e. The maximum atomic E-state index is 6.99. The lowest BCUT2D eigenvalue weighted by Crippen LogP contribution is -1.95. The minimum atomic E-state index is 0.883. The monoisotopic (exact) mass is 979 g/mol. The number of furan rings is 2. The summed E-state index contributed by atoms with van der Waals surface area (Å²) in [6, 6.07) is 98.7. The second-order valence-electron chi connectivity index (χ2n) is 20.2. The summed E-state index contributed by atoms with van der Waals surface area (Å²) in [6.07, 6.45) is 0. The van der Waals surface area contributed by atoms with Gasteiger partial charge in [-0.1, -0.05) is 237 Å². The Morgan fingerprint density at radius 2 is 0.506 bits per heavy atom. The van der Waals surface area contributed by atoms with Gasteiger partial charge in [0, 0.05) is 60.3 Å². The maximum absolute atomic E-state index is 6.99. The van der Waals surface area contributed by atoms with Crippen molar-refractivity contribution in [2.75, 3.05) is 0 Å². The molecule has 0 fully saturated rings. The Hall–Kier alpha value is -10.2. The number of benzene rings is 13. The van der Waals surface area contributed by atoms with E-state index in [-0.39, 0.29) is 0 Å². The predicted octanol–water partition coefficient (Wildman–Crippen LogP) is 20.9. The molecule has 0 unspecified atom stereocenters. The predicted molar refractivity (Wildman–Crippen MR) is 323 cm³/mol. The van der Waals surface area contributed by atoms with Crippen LogP contribution in [0.4, 0.5) is 0 Å². The van der Waals surface area contributed by atoms with Gasteiger partial charge in [-0.25, -0.2) is 0 Å². The molecule has 358 valence electrons. The Kier molecular flexibility index (Phi) is 9.64. The van der Waals surface area contributed by atoms with E-state index in [1.165, 1.54) is 43.8 Å². The highest BCUT2D eigenvalue weighted by atomic mass is 16.3. The number of aromatic nitrogens is 1. The van der Waals surface area contributed by atoms with Gasteiger partial charge in [0.1, 0.15) is 22.3 Å². The first-order chi connectivity index (χ1) is 38.2. The second-order valence-corrected chi connectivity index (χ2v) is 20.2. The summed E-state index contributed by atoms with van der Waals surface area (Å²) >= 11 is 0. The average molecular weight is 980 g/mol. The zero-order chi connectivity index (χ0) is 50.6. The van der Waals surface area contributed by atoms with Gasteiger partial charge in [-0.15, -0.1) is 0 Å². The Morgan fingerprint density at radius 1 is 0.208 bits per heavy atom. The molecule has 0 bridgehead atoms. The van der Waals surface area contributed by atoms with Crippen LogP contribution in [0.3, 0.4) is 0 Å². The van der Waals surface area contributed by atoms with Crippen LogP contribution < -0.4 is 0 Å². The Labute approximate surface area is 443 Å². The van der Waals surface area contributed by atoms with E-state index in [0.717, 1.165) is 116 Å². The van der Waals surface area contributed by atoms with Crippen LogP contribution in [-0.4, -0.2) is 4.57 Å². The molecule has 3 nitrogen and oxygen atoms in total. The Morgan fingerprint density at radius 3 is 0.883 bits per heavy atom. The number of hydrogen-bond donors (Lipinski definition) is 0. The molecule has 0 saturated carbocycles. The van der Waals surface area contributed by atoms with Crippen molar-refractivity contribution >= 4 is 87.2 Å². The summed E-state index contributed by atoms with van der Waals surface area (Å²) in [4.78, 5) is 0. The van der Waals surface area contributed by atoms with Gasteiger partial charge in [0.2, 0.25) is 0 Å². The van der Waals surface area contributed by atoms with E-state index >= 15 is 0 Å². The van der Waals surface area contributed by atoms with Crippen LogP contribution in [0.1, 0.15) is 0 Å². The minimum absolute atomic E-state index is 0.883. The number of rotatable bonds is 7. The third-order valence-corrected chi connectivity index (χ3v) is 16.0. The molecule has 3 aromatic heterocycles. The van der Waals surface area contributed by atoms with E-state index in [1.807, 2.05) is 0 Å². The van der Waals surface area contributed by atoms with Gasteiger partial charge in [0.15, 0.2) is 0 Å². The highest BCUT2D eigenvalue weighted by molar-refractivity contribution is 6.22. The number of para-hydroxylation sites is 4. The molecule has 3 heterocycles. The first-order valence-electron chi connectivity index (χ1n) is 26.4. The van der Waals surface area contributed by atoms with E-state index < -0.39 is 0 Å². The van der Waals surface area contributed by atoms with Gasteiger partial charge in [0.25, 0.3) is 0 Å². The zero-order valence-electron chi connectivity index (χ0n) is 41.7. The lowest BCUT2D eigenvalue weighted by molar-refractivity contribution is 0.670. The molecule has 13 aromatic carbocycles. The van der Waals surface area contributed by atoms with E-state index in [1.54, 1.807) is 0 Å². The molecule has 0 radical (unpaired) electrons. The molecule has 16 rings (SSSR count). The summed E-state index contributed by atoms with van der Waals surface area (Å²) in [5.41, 5.74) is 20.5. The number of fused-ring (bicyclic) bond motifs is 11. The molecular formula is C74H45NO2. The lowest BCUT2D eigenvalue weighted by Gasteiger charge is -2.18. The Balaban J connectivity index is 0.897. The van der Waals surface area contributed by atoms with Crippen molar-refractivity contribution in [1.82, 2.24) is 4.57 Å². The number of hydrogen-bond acceptors (Lipinski definition) is 2. The van der Waals surface area contributed by atoms with Gasteiger partial charge < -0.3 is 13.4 Å².